The lowest BCUT2D eigenvalue weighted by Crippen LogP contribution is -2.50. The number of anilines is 1. The molecule has 1 fully saturated rings. The average molecular weight is 311 g/mol. The smallest absolute Gasteiger partial charge is 0.244 e. The summed E-state index contributed by atoms with van der Waals surface area (Å²) in [4.78, 5) is 2.57. The fourth-order valence-electron chi connectivity index (χ4n) is 2.62. The first kappa shape index (κ1) is 16.3. The third-order valence-electron chi connectivity index (χ3n) is 4.44. The number of benzene rings is 1. The predicted molar refractivity (Wildman–Crippen MR) is 86.2 cm³/mol. The maximum atomic E-state index is 12.5. The lowest BCUT2D eigenvalue weighted by molar-refractivity contribution is 0.304. The highest BCUT2D eigenvalue weighted by Crippen LogP contribution is 2.31. The van der Waals surface area contributed by atoms with E-state index < -0.39 is 10.0 Å². The molecule has 1 heterocycles. The van der Waals surface area contributed by atoms with Crippen molar-refractivity contribution in [1.29, 1.82) is 0 Å². The number of hydrogen-bond donors (Lipinski definition) is 1. The van der Waals surface area contributed by atoms with Gasteiger partial charge in [-0.1, -0.05) is 12.1 Å². The van der Waals surface area contributed by atoms with E-state index in [-0.39, 0.29) is 5.54 Å². The highest BCUT2D eigenvalue weighted by Gasteiger charge is 2.31. The Morgan fingerprint density at radius 2 is 1.76 bits per heavy atom. The van der Waals surface area contributed by atoms with E-state index in [4.69, 9.17) is 0 Å². The van der Waals surface area contributed by atoms with Crippen molar-refractivity contribution in [2.24, 2.45) is 0 Å². The third kappa shape index (κ3) is 3.22. The zero-order valence-corrected chi connectivity index (χ0v) is 14.1. The Balaban J connectivity index is 2.31. The van der Waals surface area contributed by atoms with Gasteiger partial charge in [0, 0.05) is 32.7 Å². The van der Waals surface area contributed by atoms with E-state index in [9.17, 15) is 8.42 Å². The zero-order chi connectivity index (χ0) is 15.7. The highest BCUT2D eigenvalue weighted by molar-refractivity contribution is 7.89. The van der Waals surface area contributed by atoms with Gasteiger partial charge in [-0.25, -0.2) is 12.7 Å². The van der Waals surface area contributed by atoms with Gasteiger partial charge in [0.25, 0.3) is 0 Å². The van der Waals surface area contributed by atoms with Crippen molar-refractivity contribution in [1.82, 2.24) is 9.62 Å². The van der Waals surface area contributed by atoms with E-state index in [1.807, 2.05) is 19.2 Å². The number of sulfonamides is 1. The second-order valence-electron chi connectivity index (χ2n) is 6.05. The summed E-state index contributed by atoms with van der Waals surface area (Å²) >= 11 is 0. The van der Waals surface area contributed by atoms with Crippen LogP contribution < -0.4 is 10.2 Å². The van der Waals surface area contributed by atoms with Crippen LogP contribution in [0.5, 0.6) is 0 Å². The summed E-state index contributed by atoms with van der Waals surface area (Å²) in [7, 11) is 1.71. The molecule has 21 heavy (non-hydrogen) atoms. The molecule has 1 saturated heterocycles. The molecule has 0 bridgehead atoms. The molecule has 1 aromatic rings. The lowest BCUT2D eigenvalue weighted by atomic mass is 9.89. The maximum absolute atomic E-state index is 12.5. The minimum Gasteiger partial charge on any atom is -0.370 e. The van der Waals surface area contributed by atoms with Gasteiger partial charge in [0.05, 0.1) is 5.69 Å². The predicted octanol–water partition coefficient (Wildman–Crippen LogP) is 1.52. The second-order valence-corrected chi connectivity index (χ2v) is 8.17. The van der Waals surface area contributed by atoms with Crippen molar-refractivity contribution in [3.8, 4) is 0 Å². The molecule has 2 rings (SSSR count). The van der Waals surface area contributed by atoms with Gasteiger partial charge in [-0.2, -0.15) is 0 Å². The molecule has 1 N–H and O–H groups in total. The molecule has 1 aromatic carbocycles. The molecule has 0 aromatic heterocycles. The molecule has 0 spiro atoms. The third-order valence-corrected chi connectivity index (χ3v) is 6.30. The molecular formula is C15H25N3O2S. The summed E-state index contributed by atoms with van der Waals surface area (Å²) < 4.78 is 26.2. The number of hydrogen-bond acceptors (Lipinski definition) is 4. The van der Waals surface area contributed by atoms with Crippen molar-refractivity contribution in [2.75, 3.05) is 39.1 Å². The molecule has 0 atom stereocenters. The molecule has 0 saturated carbocycles. The normalized spacial score (nSPS) is 19.0. The van der Waals surface area contributed by atoms with Gasteiger partial charge in [-0.15, -0.1) is 0 Å². The minimum atomic E-state index is -3.42. The van der Waals surface area contributed by atoms with Crippen LogP contribution in [0.25, 0.3) is 0 Å². The van der Waals surface area contributed by atoms with Gasteiger partial charge in [0.2, 0.25) is 10.0 Å². The first-order valence-corrected chi connectivity index (χ1v) is 8.70. The van der Waals surface area contributed by atoms with E-state index in [0.29, 0.717) is 4.90 Å². The summed E-state index contributed by atoms with van der Waals surface area (Å²) in [5, 5.41) is 3.36. The van der Waals surface area contributed by atoms with E-state index in [2.05, 4.69) is 17.1 Å². The van der Waals surface area contributed by atoms with Crippen LogP contribution in [-0.4, -0.2) is 52.5 Å². The first-order chi connectivity index (χ1) is 9.80. The van der Waals surface area contributed by atoms with Gasteiger partial charge < -0.3 is 10.2 Å². The maximum Gasteiger partial charge on any atom is 0.244 e. The number of rotatable bonds is 4. The monoisotopic (exact) mass is 311 g/mol. The Kier molecular flexibility index (Phi) is 4.60. The van der Waals surface area contributed by atoms with Crippen LogP contribution in [0.15, 0.2) is 29.2 Å². The average Bonchev–Trinajstić information content (AvgIpc) is 2.48. The summed E-state index contributed by atoms with van der Waals surface area (Å²) in [5.41, 5.74) is 0.954. The van der Waals surface area contributed by atoms with Crippen molar-refractivity contribution in [3.05, 3.63) is 24.3 Å². The molecule has 0 aliphatic carbocycles. The molecule has 6 heteroatoms. The fraction of sp³-hybridized carbons (Fsp3) is 0.600. The van der Waals surface area contributed by atoms with Gasteiger partial charge in [-0.3, -0.25) is 0 Å². The molecule has 0 radical (unpaired) electrons. The van der Waals surface area contributed by atoms with Gasteiger partial charge in [-0.05, 0) is 38.9 Å². The largest absolute Gasteiger partial charge is 0.370 e. The van der Waals surface area contributed by atoms with Crippen LogP contribution in [0.4, 0.5) is 5.69 Å². The number of para-hydroxylation sites is 1. The summed E-state index contributed by atoms with van der Waals surface area (Å²) in [5.74, 6) is 0. The molecular weight excluding hydrogens is 286 g/mol. The van der Waals surface area contributed by atoms with Gasteiger partial charge >= 0.3 is 0 Å². The summed E-state index contributed by atoms with van der Waals surface area (Å²) in [6.07, 6.45) is 2.00. The first-order valence-electron chi connectivity index (χ1n) is 7.25. The SMILES string of the molecule is CNC1(C)CCN(c2ccccc2S(=O)(=O)N(C)C)CC1. The molecule has 118 valence electrons. The topological polar surface area (TPSA) is 52.7 Å². The number of nitrogens with zero attached hydrogens (tertiary/aromatic N) is 2. The van der Waals surface area contributed by atoms with Crippen LogP contribution >= 0.6 is 0 Å². The standard InChI is InChI=1S/C15H25N3O2S/c1-15(16-2)9-11-18(12-10-15)13-7-5-6-8-14(13)21(19,20)17(3)4/h5-8,16H,9-12H2,1-4H3. The zero-order valence-electron chi connectivity index (χ0n) is 13.3. The van der Waals surface area contributed by atoms with Crippen molar-refractivity contribution < 1.29 is 8.42 Å². The Hall–Kier alpha value is -1.11. The quantitative estimate of drug-likeness (QED) is 0.916. The Bertz CT molecular complexity index is 591. The van der Waals surface area contributed by atoms with Crippen LogP contribution in [0, 0.1) is 0 Å². The van der Waals surface area contributed by atoms with E-state index in [1.54, 1.807) is 26.2 Å². The van der Waals surface area contributed by atoms with Crippen molar-refractivity contribution in [3.63, 3.8) is 0 Å². The van der Waals surface area contributed by atoms with E-state index in [1.165, 1.54) is 4.31 Å². The highest BCUT2D eigenvalue weighted by atomic mass is 32.2. The van der Waals surface area contributed by atoms with Crippen LogP contribution in [0.1, 0.15) is 19.8 Å². The Labute approximate surface area is 128 Å². The van der Waals surface area contributed by atoms with Crippen LogP contribution in [-0.2, 0) is 10.0 Å². The van der Waals surface area contributed by atoms with Crippen molar-refractivity contribution in [2.45, 2.75) is 30.2 Å². The second kappa shape index (κ2) is 5.94. The number of piperidine rings is 1. The van der Waals surface area contributed by atoms with Crippen LogP contribution in [0.2, 0.25) is 0 Å². The lowest BCUT2D eigenvalue weighted by Gasteiger charge is -2.41. The van der Waals surface area contributed by atoms with Crippen LogP contribution in [0.3, 0.4) is 0 Å². The van der Waals surface area contributed by atoms with Crippen molar-refractivity contribution >= 4 is 15.7 Å². The Morgan fingerprint density at radius 3 is 2.29 bits per heavy atom. The minimum absolute atomic E-state index is 0.145. The number of nitrogens with one attached hydrogen (secondary N) is 1. The summed E-state index contributed by atoms with van der Waals surface area (Å²) in [6.45, 7) is 3.93. The fourth-order valence-corrected chi connectivity index (χ4v) is 3.73. The van der Waals surface area contributed by atoms with E-state index in [0.717, 1.165) is 31.6 Å². The molecule has 1 aliphatic rings. The van der Waals surface area contributed by atoms with Gasteiger partial charge in [0.15, 0.2) is 0 Å². The van der Waals surface area contributed by atoms with Gasteiger partial charge in [0.1, 0.15) is 4.90 Å². The molecule has 0 unspecified atom stereocenters. The molecule has 5 nitrogen and oxygen atoms in total. The Morgan fingerprint density at radius 1 is 1.19 bits per heavy atom. The molecule has 1 aliphatic heterocycles. The summed E-state index contributed by atoms with van der Waals surface area (Å²) in [6, 6.07) is 7.27. The van der Waals surface area contributed by atoms with E-state index >= 15 is 0 Å². The molecule has 0 amide bonds.